The van der Waals surface area contributed by atoms with Crippen LogP contribution >= 0.6 is 22.9 Å². The van der Waals surface area contributed by atoms with E-state index in [4.69, 9.17) is 11.6 Å². The molecule has 94 valence electrons. The fourth-order valence-electron chi connectivity index (χ4n) is 2.27. The van der Waals surface area contributed by atoms with Crippen molar-refractivity contribution < 1.29 is 5.11 Å². The number of rotatable bonds is 2. The Hall–Kier alpha value is -1.10. The van der Waals surface area contributed by atoms with Crippen LogP contribution in [0.2, 0.25) is 4.34 Å². The number of para-hydroxylation sites is 1. The van der Waals surface area contributed by atoms with Gasteiger partial charge in [-0.1, -0.05) is 29.8 Å². The zero-order chi connectivity index (χ0) is 12.5. The molecule has 3 rings (SSSR count). The monoisotopic (exact) mass is 280 g/mol. The second-order valence-electron chi connectivity index (χ2n) is 4.39. The highest BCUT2D eigenvalue weighted by Gasteiger charge is 2.27. The highest BCUT2D eigenvalue weighted by atomic mass is 35.5. The van der Waals surface area contributed by atoms with E-state index in [0.29, 0.717) is 9.34 Å². The first kappa shape index (κ1) is 12.0. The number of aliphatic hydroxyl groups is 1. The maximum Gasteiger partial charge on any atom is 0.126 e. The lowest BCUT2D eigenvalue weighted by Crippen LogP contribution is -2.31. The van der Waals surface area contributed by atoms with Crippen molar-refractivity contribution in [3.63, 3.8) is 0 Å². The van der Waals surface area contributed by atoms with Gasteiger partial charge in [0.2, 0.25) is 0 Å². The van der Waals surface area contributed by atoms with E-state index >= 15 is 0 Å². The second-order valence-corrected chi connectivity index (χ2v) is 6.09. The fourth-order valence-corrected chi connectivity index (χ4v) is 3.26. The number of aliphatic hydroxyl groups excluding tert-OH is 1. The van der Waals surface area contributed by atoms with Gasteiger partial charge in [0.05, 0.1) is 12.2 Å². The number of aromatic nitrogens is 1. The molecule has 2 aromatic rings. The highest BCUT2D eigenvalue weighted by molar-refractivity contribution is 7.15. The van der Waals surface area contributed by atoms with Gasteiger partial charge in [-0.05, 0) is 24.5 Å². The lowest BCUT2D eigenvalue weighted by atomic mass is 9.95. The number of fused-ring (bicyclic) bond motifs is 1. The standard InChI is InChI=1S/C13H13ClN2OS/c14-11-7-15-13(18-11)12(17)10-6-5-8-3-1-2-4-9(8)16-10/h1-4,7,10,12,16-17H,5-6H2. The zero-order valence-corrected chi connectivity index (χ0v) is 11.2. The van der Waals surface area contributed by atoms with Gasteiger partial charge in [0.1, 0.15) is 15.4 Å². The molecule has 18 heavy (non-hydrogen) atoms. The number of nitrogens with one attached hydrogen (secondary N) is 1. The Labute approximate surface area is 114 Å². The number of halogens is 1. The number of nitrogens with zero attached hydrogens (tertiary/aromatic N) is 1. The average Bonchev–Trinajstić information content (AvgIpc) is 2.84. The fraction of sp³-hybridized carbons (Fsp3) is 0.308. The van der Waals surface area contributed by atoms with E-state index in [1.165, 1.54) is 16.9 Å². The molecule has 0 radical (unpaired) electrons. The Morgan fingerprint density at radius 2 is 2.28 bits per heavy atom. The molecule has 1 aliphatic heterocycles. The smallest absolute Gasteiger partial charge is 0.126 e. The summed E-state index contributed by atoms with van der Waals surface area (Å²) < 4.78 is 0.611. The minimum atomic E-state index is -0.601. The number of anilines is 1. The Balaban J connectivity index is 1.79. The van der Waals surface area contributed by atoms with E-state index < -0.39 is 6.10 Å². The molecule has 2 heterocycles. The summed E-state index contributed by atoms with van der Waals surface area (Å²) in [5.74, 6) is 0. The number of hydrogen-bond acceptors (Lipinski definition) is 4. The third-order valence-corrected chi connectivity index (χ3v) is 4.40. The van der Waals surface area contributed by atoms with Crippen LogP contribution in [0.15, 0.2) is 30.5 Å². The van der Waals surface area contributed by atoms with Crippen molar-refractivity contribution in [2.45, 2.75) is 25.0 Å². The molecule has 2 unspecified atom stereocenters. The normalized spacial score (nSPS) is 20.0. The van der Waals surface area contributed by atoms with Crippen LogP contribution in [0.5, 0.6) is 0 Å². The van der Waals surface area contributed by atoms with Crippen LogP contribution in [0, 0.1) is 0 Å². The van der Waals surface area contributed by atoms with E-state index in [9.17, 15) is 5.11 Å². The predicted molar refractivity (Wildman–Crippen MR) is 74.3 cm³/mol. The van der Waals surface area contributed by atoms with Gasteiger partial charge in [-0.2, -0.15) is 0 Å². The first-order valence-corrected chi connectivity index (χ1v) is 7.07. The molecule has 0 aliphatic carbocycles. The van der Waals surface area contributed by atoms with Crippen molar-refractivity contribution in [2.24, 2.45) is 0 Å². The molecule has 2 atom stereocenters. The molecule has 1 aliphatic rings. The molecule has 0 fully saturated rings. The van der Waals surface area contributed by atoms with Crippen molar-refractivity contribution in [3.05, 3.63) is 45.4 Å². The van der Waals surface area contributed by atoms with Crippen molar-refractivity contribution in [1.29, 1.82) is 0 Å². The molecule has 1 aromatic carbocycles. The van der Waals surface area contributed by atoms with Gasteiger partial charge >= 0.3 is 0 Å². The third-order valence-electron chi connectivity index (χ3n) is 3.21. The molecule has 3 nitrogen and oxygen atoms in total. The summed E-state index contributed by atoms with van der Waals surface area (Å²) in [6.45, 7) is 0. The number of thiazole rings is 1. The van der Waals surface area contributed by atoms with Crippen LogP contribution in [-0.4, -0.2) is 16.1 Å². The maximum absolute atomic E-state index is 10.3. The molecule has 2 N–H and O–H groups in total. The summed E-state index contributed by atoms with van der Waals surface area (Å²) >= 11 is 7.18. The van der Waals surface area contributed by atoms with Crippen LogP contribution in [0.3, 0.4) is 0 Å². The van der Waals surface area contributed by atoms with Crippen molar-refractivity contribution in [1.82, 2.24) is 4.98 Å². The van der Waals surface area contributed by atoms with Gasteiger partial charge < -0.3 is 10.4 Å². The van der Waals surface area contributed by atoms with E-state index in [2.05, 4.69) is 16.4 Å². The second kappa shape index (κ2) is 4.88. The van der Waals surface area contributed by atoms with Crippen molar-refractivity contribution in [3.8, 4) is 0 Å². The summed E-state index contributed by atoms with van der Waals surface area (Å²) in [5, 5.41) is 14.4. The van der Waals surface area contributed by atoms with Gasteiger partial charge in [-0.3, -0.25) is 0 Å². The molecule has 0 spiro atoms. The molecule has 5 heteroatoms. The Morgan fingerprint density at radius 3 is 3.06 bits per heavy atom. The number of benzene rings is 1. The van der Waals surface area contributed by atoms with E-state index in [-0.39, 0.29) is 6.04 Å². The molecular weight excluding hydrogens is 268 g/mol. The Bertz CT molecular complexity index is 557. The van der Waals surface area contributed by atoms with Gasteiger partial charge in [0.15, 0.2) is 0 Å². The van der Waals surface area contributed by atoms with Crippen LogP contribution in [0.1, 0.15) is 23.1 Å². The topological polar surface area (TPSA) is 45.2 Å². The summed E-state index contributed by atoms with van der Waals surface area (Å²) in [4.78, 5) is 4.14. The molecule has 0 saturated carbocycles. The molecule has 0 amide bonds. The summed E-state index contributed by atoms with van der Waals surface area (Å²) in [6, 6.07) is 8.20. The van der Waals surface area contributed by atoms with Crippen molar-refractivity contribution in [2.75, 3.05) is 5.32 Å². The summed E-state index contributed by atoms with van der Waals surface area (Å²) in [7, 11) is 0. The van der Waals surface area contributed by atoms with Crippen LogP contribution in [0.4, 0.5) is 5.69 Å². The molecule has 0 saturated heterocycles. The Kier molecular flexibility index (Phi) is 3.24. The lowest BCUT2D eigenvalue weighted by molar-refractivity contribution is 0.148. The SMILES string of the molecule is OC(c1ncc(Cl)s1)C1CCc2ccccc2N1. The predicted octanol–water partition coefficient (Wildman–Crippen LogP) is 3.26. The van der Waals surface area contributed by atoms with Gasteiger partial charge in [0.25, 0.3) is 0 Å². The van der Waals surface area contributed by atoms with E-state index in [1.54, 1.807) is 6.20 Å². The van der Waals surface area contributed by atoms with E-state index in [0.717, 1.165) is 18.5 Å². The van der Waals surface area contributed by atoms with Crippen molar-refractivity contribution >= 4 is 28.6 Å². The molecular formula is C13H13ClN2OS. The van der Waals surface area contributed by atoms with Crippen LogP contribution in [-0.2, 0) is 6.42 Å². The summed E-state index contributed by atoms with van der Waals surface area (Å²) in [5.41, 5.74) is 2.41. The van der Waals surface area contributed by atoms with Gasteiger partial charge in [0, 0.05) is 5.69 Å². The Morgan fingerprint density at radius 1 is 1.44 bits per heavy atom. The van der Waals surface area contributed by atoms with Gasteiger partial charge in [-0.25, -0.2) is 4.98 Å². The molecule has 1 aromatic heterocycles. The number of aryl methyl sites for hydroxylation is 1. The largest absolute Gasteiger partial charge is 0.384 e. The quantitative estimate of drug-likeness (QED) is 0.887. The maximum atomic E-state index is 10.3. The average molecular weight is 281 g/mol. The highest BCUT2D eigenvalue weighted by Crippen LogP contribution is 2.32. The van der Waals surface area contributed by atoms with Crippen LogP contribution < -0.4 is 5.32 Å². The first-order valence-electron chi connectivity index (χ1n) is 5.88. The van der Waals surface area contributed by atoms with E-state index in [1.807, 2.05) is 18.2 Å². The molecule has 0 bridgehead atoms. The third kappa shape index (κ3) is 2.23. The first-order chi connectivity index (χ1) is 8.74. The minimum Gasteiger partial charge on any atom is -0.384 e. The zero-order valence-electron chi connectivity index (χ0n) is 9.64. The summed E-state index contributed by atoms with van der Waals surface area (Å²) in [6.07, 6.45) is 2.86. The lowest BCUT2D eigenvalue weighted by Gasteiger charge is -2.29. The number of hydrogen-bond donors (Lipinski definition) is 2. The van der Waals surface area contributed by atoms with Crippen LogP contribution in [0.25, 0.3) is 0 Å². The minimum absolute atomic E-state index is 0.00196. The van der Waals surface area contributed by atoms with Gasteiger partial charge in [-0.15, -0.1) is 11.3 Å².